The quantitative estimate of drug-likeness (QED) is 0.883. The first kappa shape index (κ1) is 15.7. The summed E-state index contributed by atoms with van der Waals surface area (Å²) in [7, 11) is 0. The molecule has 1 fully saturated rings. The van der Waals surface area contributed by atoms with Crippen LogP contribution in [0.4, 0.5) is 4.39 Å². The summed E-state index contributed by atoms with van der Waals surface area (Å²) in [5.41, 5.74) is 0.778. The van der Waals surface area contributed by atoms with E-state index < -0.39 is 6.10 Å². The number of nitrogens with one attached hydrogen (secondary N) is 1. The lowest BCUT2D eigenvalue weighted by molar-refractivity contribution is -0.122. The first-order valence-corrected chi connectivity index (χ1v) is 7.58. The highest BCUT2D eigenvalue weighted by Gasteiger charge is 2.33. The van der Waals surface area contributed by atoms with E-state index in [1.165, 1.54) is 12.1 Å². The van der Waals surface area contributed by atoms with Crippen molar-refractivity contribution in [3.05, 3.63) is 59.8 Å². The lowest BCUT2D eigenvalue weighted by Crippen LogP contribution is -2.37. The molecule has 0 saturated carbocycles. The van der Waals surface area contributed by atoms with Crippen LogP contribution >= 0.6 is 0 Å². The molecule has 0 spiro atoms. The first-order valence-electron chi connectivity index (χ1n) is 7.58. The number of aliphatic hydroxyl groups excluding tert-OH is 1. The van der Waals surface area contributed by atoms with Gasteiger partial charge in [-0.2, -0.15) is 0 Å². The minimum Gasteiger partial charge on any atom is -0.467 e. The minimum atomic E-state index is -0.513. The number of carbonyl (C=O) groups is 1. The van der Waals surface area contributed by atoms with Crippen LogP contribution in [0.25, 0.3) is 0 Å². The van der Waals surface area contributed by atoms with Crippen molar-refractivity contribution >= 4 is 5.91 Å². The molecule has 1 saturated heterocycles. The van der Waals surface area contributed by atoms with Crippen molar-refractivity contribution in [3.63, 3.8) is 0 Å². The molecule has 1 aliphatic rings. The summed E-state index contributed by atoms with van der Waals surface area (Å²) in [4.78, 5) is 14.0. The first-order chi connectivity index (χ1) is 11.1. The van der Waals surface area contributed by atoms with Gasteiger partial charge in [0.25, 0.3) is 0 Å². The van der Waals surface area contributed by atoms with Crippen molar-refractivity contribution < 1.29 is 18.7 Å². The van der Waals surface area contributed by atoms with Crippen LogP contribution in [0, 0.1) is 5.82 Å². The Morgan fingerprint density at radius 2 is 2.26 bits per heavy atom. The number of carbonyl (C=O) groups excluding carboxylic acids is 1. The van der Waals surface area contributed by atoms with E-state index in [2.05, 4.69) is 5.32 Å². The summed E-state index contributed by atoms with van der Waals surface area (Å²) < 4.78 is 18.6. The van der Waals surface area contributed by atoms with Gasteiger partial charge in [-0.1, -0.05) is 12.1 Å². The summed E-state index contributed by atoms with van der Waals surface area (Å²) in [5, 5.41) is 12.7. The molecular formula is C17H19FN2O3. The fourth-order valence-corrected chi connectivity index (χ4v) is 2.95. The summed E-state index contributed by atoms with van der Waals surface area (Å²) in [6, 6.07) is 9.69. The minimum absolute atomic E-state index is 0.152. The number of nitrogens with zero attached hydrogens (tertiary/aromatic N) is 1. The average molecular weight is 318 g/mol. The highest BCUT2D eigenvalue weighted by Crippen LogP contribution is 2.32. The molecule has 2 N–H and O–H groups in total. The van der Waals surface area contributed by atoms with Crippen LogP contribution in [0.15, 0.2) is 47.1 Å². The smallest absolute Gasteiger partial charge is 0.234 e. The van der Waals surface area contributed by atoms with Crippen LogP contribution in [0.3, 0.4) is 0 Å². The van der Waals surface area contributed by atoms with E-state index in [0.29, 0.717) is 25.3 Å². The van der Waals surface area contributed by atoms with Gasteiger partial charge in [-0.15, -0.1) is 0 Å². The highest BCUT2D eigenvalue weighted by molar-refractivity contribution is 5.78. The van der Waals surface area contributed by atoms with Crippen molar-refractivity contribution in [3.8, 4) is 0 Å². The Hall–Kier alpha value is -2.18. The zero-order chi connectivity index (χ0) is 16.2. The molecule has 122 valence electrons. The number of rotatable bonds is 5. The summed E-state index contributed by atoms with van der Waals surface area (Å²) in [5.74, 6) is 0.213. The molecule has 3 rings (SSSR count). The second kappa shape index (κ2) is 6.93. The van der Waals surface area contributed by atoms with Crippen LogP contribution in [0.1, 0.15) is 23.8 Å². The monoisotopic (exact) mass is 318 g/mol. The third-order valence-electron chi connectivity index (χ3n) is 4.00. The van der Waals surface area contributed by atoms with Crippen LogP contribution in [0.5, 0.6) is 0 Å². The number of furan rings is 1. The number of benzene rings is 1. The lowest BCUT2D eigenvalue weighted by atomic mass is 10.0. The fraction of sp³-hybridized carbons (Fsp3) is 0.353. The molecule has 23 heavy (non-hydrogen) atoms. The Balaban J connectivity index is 1.62. The van der Waals surface area contributed by atoms with Crippen LogP contribution in [-0.4, -0.2) is 35.1 Å². The molecule has 2 atom stereocenters. The number of halogens is 1. The SMILES string of the molecule is O=C(CN1C[C@H](O)C[C@H]1c1cccc(F)c1)NCc1ccco1. The van der Waals surface area contributed by atoms with Gasteiger partial charge < -0.3 is 14.8 Å². The second-order valence-electron chi connectivity index (χ2n) is 5.75. The average Bonchev–Trinajstić information content (AvgIpc) is 3.15. The molecule has 5 nitrogen and oxygen atoms in total. The number of β-amino-alcohol motifs (C(OH)–C–C–N with tert-alkyl or cyclic N) is 1. The van der Waals surface area contributed by atoms with Crippen molar-refractivity contribution in [2.75, 3.05) is 13.1 Å². The Bertz CT molecular complexity index is 660. The molecule has 0 bridgehead atoms. The summed E-state index contributed by atoms with van der Waals surface area (Å²) in [6.45, 7) is 0.876. The van der Waals surface area contributed by atoms with Crippen molar-refractivity contribution in [2.45, 2.75) is 25.1 Å². The van der Waals surface area contributed by atoms with E-state index in [4.69, 9.17) is 4.42 Å². The van der Waals surface area contributed by atoms with Gasteiger partial charge in [0.05, 0.1) is 25.5 Å². The largest absolute Gasteiger partial charge is 0.467 e. The third kappa shape index (κ3) is 3.97. The molecule has 0 unspecified atom stereocenters. The Morgan fingerprint density at radius 3 is 3.00 bits per heavy atom. The summed E-state index contributed by atoms with van der Waals surface area (Å²) in [6.07, 6.45) is 1.54. The molecule has 2 aromatic rings. The van der Waals surface area contributed by atoms with Gasteiger partial charge >= 0.3 is 0 Å². The van der Waals surface area contributed by atoms with Crippen molar-refractivity contribution in [1.82, 2.24) is 10.2 Å². The predicted octanol–water partition coefficient (Wildman–Crippen LogP) is 1.84. The van der Waals surface area contributed by atoms with E-state index in [9.17, 15) is 14.3 Å². The fourth-order valence-electron chi connectivity index (χ4n) is 2.95. The number of likely N-dealkylation sites (tertiary alicyclic amines) is 1. The molecule has 6 heteroatoms. The zero-order valence-electron chi connectivity index (χ0n) is 12.6. The van der Waals surface area contributed by atoms with E-state index in [-0.39, 0.29) is 24.3 Å². The topological polar surface area (TPSA) is 65.7 Å². The molecule has 0 radical (unpaired) electrons. The van der Waals surface area contributed by atoms with Gasteiger partial charge in [0, 0.05) is 12.6 Å². The van der Waals surface area contributed by atoms with Crippen LogP contribution < -0.4 is 5.32 Å². The van der Waals surface area contributed by atoms with E-state index in [1.807, 2.05) is 11.0 Å². The number of hydrogen-bond donors (Lipinski definition) is 2. The molecule has 1 aromatic carbocycles. The van der Waals surface area contributed by atoms with Gasteiger partial charge in [0.1, 0.15) is 11.6 Å². The van der Waals surface area contributed by atoms with Crippen molar-refractivity contribution in [2.24, 2.45) is 0 Å². The predicted molar refractivity (Wildman–Crippen MR) is 81.9 cm³/mol. The maximum Gasteiger partial charge on any atom is 0.234 e. The Morgan fingerprint density at radius 1 is 1.39 bits per heavy atom. The zero-order valence-corrected chi connectivity index (χ0v) is 12.6. The Kier molecular flexibility index (Phi) is 4.73. The number of amides is 1. The van der Waals surface area contributed by atoms with Gasteiger partial charge in [-0.3, -0.25) is 9.69 Å². The summed E-state index contributed by atoms with van der Waals surface area (Å²) >= 11 is 0. The Labute approximate surface area is 133 Å². The molecular weight excluding hydrogens is 299 g/mol. The maximum absolute atomic E-state index is 13.4. The second-order valence-corrected chi connectivity index (χ2v) is 5.75. The van der Waals surface area contributed by atoms with Crippen molar-refractivity contribution in [1.29, 1.82) is 0 Å². The van der Waals surface area contributed by atoms with E-state index in [1.54, 1.807) is 24.5 Å². The standard InChI is InChI=1S/C17H19FN2O3/c18-13-4-1-3-12(7-13)16-8-14(21)10-20(16)11-17(22)19-9-15-5-2-6-23-15/h1-7,14,16,21H,8-11H2,(H,19,22)/t14-,16+/m1/s1. The van der Waals surface area contributed by atoms with Crippen LogP contribution in [0.2, 0.25) is 0 Å². The molecule has 0 aliphatic carbocycles. The number of aliphatic hydroxyl groups is 1. The van der Waals surface area contributed by atoms with Gasteiger partial charge in [0.15, 0.2) is 0 Å². The van der Waals surface area contributed by atoms with E-state index >= 15 is 0 Å². The molecule has 1 amide bonds. The third-order valence-corrected chi connectivity index (χ3v) is 4.00. The maximum atomic E-state index is 13.4. The normalized spacial score (nSPS) is 21.5. The molecule has 1 aromatic heterocycles. The number of hydrogen-bond acceptors (Lipinski definition) is 4. The van der Waals surface area contributed by atoms with Gasteiger partial charge in [0.2, 0.25) is 5.91 Å². The van der Waals surface area contributed by atoms with Crippen LogP contribution in [-0.2, 0) is 11.3 Å². The molecule has 1 aliphatic heterocycles. The lowest BCUT2D eigenvalue weighted by Gasteiger charge is -2.23. The molecule has 2 heterocycles. The van der Waals surface area contributed by atoms with E-state index in [0.717, 1.165) is 5.56 Å². The highest BCUT2D eigenvalue weighted by atomic mass is 19.1. The van der Waals surface area contributed by atoms with Gasteiger partial charge in [-0.25, -0.2) is 4.39 Å². The van der Waals surface area contributed by atoms with Gasteiger partial charge in [-0.05, 0) is 36.2 Å².